The fraction of sp³-hybridized carbons (Fsp3) is 1.00. The van der Waals surface area contributed by atoms with E-state index in [1.54, 1.807) is 0 Å². The van der Waals surface area contributed by atoms with Crippen molar-refractivity contribution in [2.75, 3.05) is 20.1 Å². The molecule has 4 heteroatoms. The molecule has 1 aliphatic rings. The zero-order chi connectivity index (χ0) is 8.48. The Kier molecular flexibility index (Phi) is 2.47. The molecule has 0 aromatic rings. The van der Waals surface area contributed by atoms with Gasteiger partial charge in [0.2, 0.25) is 0 Å². The van der Waals surface area contributed by atoms with Crippen LogP contribution in [0.2, 0.25) is 0 Å². The van der Waals surface area contributed by atoms with E-state index in [0.717, 1.165) is 0 Å². The predicted octanol–water partition coefficient (Wildman–Crippen LogP) is -0.269. The van der Waals surface area contributed by atoms with Gasteiger partial charge in [0.1, 0.15) is 0 Å². The van der Waals surface area contributed by atoms with Crippen LogP contribution in [0.15, 0.2) is 0 Å². The lowest BCUT2D eigenvalue weighted by Gasteiger charge is -2.35. The van der Waals surface area contributed by atoms with Crippen LogP contribution in [0.4, 0.5) is 4.39 Å². The quantitative estimate of drug-likeness (QED) is 0.523. The minimum absolute atomic E-state index is 0.209. The van der Waals surface area contributed by atoms with Crippen molar-refractivity contribution < 1.29 is 14.6 Å². The van der Waals surface area contributed by atoms with Gasteiger partial charge in [0.25, 0.3) is 0 Å². The second kappa shape index (κ2) is 3.05. The summed E-state index contributed by atoms with van der Waals surface area (Å²) in [5, 5.41) is 17.4. The molecule has 0 aromatic carbocycles. The smallest absolute Gasteiger partial charge is 0.186 e. The molecule has 1 heterocycles. The maximum absolute atomic E-state index is 13.3. The average Bonchev–Trinajstić information content (AvgIpc) is 1.95. The van der Waals surface area contributed by atoms with Gasteiger partial charge in [-0.3, -0.25) is 0 Å². The molecule has 0 saturated carbocycles. The molecule has 2 N–H and O–H groups in total. The van der Waals surface area contributed by atoms with E-state index in [1.165, 1.54) is 0 Å². The largest absolute Gasteiger partial charge is 0.366 e. The summed E-state index contributed by atoms with van der Waals surface area (Å²) in [6.07, 6.45) is -1.40. The van der Waals surface area contributed by atoms with E-state index in [1.807, 2.05) is 11.9 Å². The van der Waals surface area contributed by atoms with Crippen LogP contribution in [0.5, 0.6) is 0 Å². The van der Waals surface area contributed by atoms with Gasteiger partial charge in [0.05, 0.1) is 0 Å². The van der Waals surface area contributed by atoms with Gasteiger partial charge in [0, 0.05) is 13.1 Å². The zero-order valence-corrected chi connectivity index (χ0v) is 6.63. The van der Waals surface area contributed by atoms with Crippen LogP contribution in [0.3, 0.4) is 0 Å². The van der Waals surface area contributed by atoms with Crippen LogP contribution in [0.25, 0.3) is 0 Å². The number of alkyl halides is 1. The number of aliphatic hydroxyl groups excluding tert-OH is 1. The first-order valence-corrected chi connectivity index (χ1v) is 3.78. The van der Waals surface area contributed by atoms with Crippen molar-refractivity contribution in [1.29, 1.82) is 0 Å². The van der Waals surface area contributed by atoms with Gasteiger partial charge in [-0.05, 0) is 19.9 Å². The van der Waals surface area contributed by atoms with Crippen LogP contribution in [-0.2, 0) is 0 Å². The van der Waals surface area contributed by atoms with E-state index in [-0.39, 0.29) is 12.8 Å². The van der Waals surface area contributed by atoms with Gasteiger partial charge < -0.3 is 15.1 Å². The third kappa shape index (κ3) is 1.89. The van der Waals surface area contributed by atoms with Crippen molar-refractivity contribution >= 4 is 0 Å². The topological polar surface area (TPSA) is 43.7 Å². The van der Waals surface area contributed by atoms with Crippen molar-refractivity contribution in [3.63, 3.8) is 0 Å². The van der Waals surface area contributed by atoms with Crippen LogP contribution >= 0.6 is 0 Å². The standard InChI is InChI=1S/C7H14FNO2/c1-9-4-2-7(8,3-5-9)6(10)11/h6,10-11H,2-5H2,1H3. The predicted molar refractivity (Wildman–Crippen MR) is 38.8 cm³/mol. The van der Waals surface area contributed by atoms with Gasteiger partial charge in [-0.2, -0.15) is 0 Å². The van der Waals surface area contributed by atoms with Crippen LogP contribution in [0, 0.1) is 0 Å². The molecule has 1 fully saturated rings. The third-order valence-corrected chi connectivity index (χ3v) is 2.28. The highest BCUT2D eigenvalue weighted by molar-refractivity contribution is 4.86. The molecule has 1 rings (SSSR count). The molecule has 1 aliphatic heterocycles. The molecule has 11 heavy (non-hydrogen) atoms. The van der Waals surface area contributed by atoms with Crippen molar-refractivity contribution in [3.05, 3.63) is 0 Å². The lowest BCUT2D eigenvalue weighted by atomic mass is 9.93. The maximum atomic E-state index is 13.3. The molecule has 3 nitrogen and oxygen atoms in total. The highest BCUT2D eigenvalue weighted by Crippen LogP contribution is 2.28. The molecule has 0 atom stereocenters. The van der Waals surface area contributed by atoms with Crippen molar-refractivity contribution in [2.24, 2.45) is 0 Å². The SMILES string of the molecule is CN1CCC(F)(C(O)O)CC1. The van der Waals surface area contributed by atoms with Crippen LogP contribution < -0.4 is 0 Å². The Labute approximate surface area is 65.4 Å². The highest BCUT2D eigenvalue weighted by atomic mass is 19.1. The van der Waals surface area contributed by atoms with Gasteiger partial charge in [-0.25, -0.2) is 4.39 Å². The van der Waals surface area contributed by atoms with Crippen molar-refractivity contribution in [3.8, 4) is 0 Å². The Balaban J connectivity index is 2.48. The summed E-state index contributed by atoms with van der Waals surface area (Å²) in [5.41, 5.74) is -1.77. The molecule has 0 aliphatic carbocycles. The van der Waals surface area contributed by atoms with Gasteiger partial charge in [-0.1, -0.05) is 0 Å². The van der Waals surface area contributed by atoms with Gasteiger partial charge in [0.15, 0.2) is 12.0 Å². The van der Waals surface area contributed by atoms with E-state index in [0.29, 0.717) is 13.1 Å². The lowest BCUT2D eigenvalue weighted by molar-refractivity contribution is -0.163. The molecule has 0 radical (unpaired) electrons. The number of hydrogen-bond donors (Lipinski definition) is 2. The van der Waals surface area contributed by atoms with Crippen LogP contribution in [-0.4, -0.2) is 47.2 Å². The van der Waals surface area contributed by atoms with E-state index in [2.05, 4.69) is 0 Å². The molecular weight excluding hydrogens is 149 g/mol. The Hall–Kier alpha value is -0.190. The summed E-state index contributed by atoms with van der Waals surface area (Å²) in [4.78, 5) is 1.97. The van der Waals surface area contributed by atoms with E-state index >= 15 is 0 Å². The Bertz CT molecular complexity index is 132. The zero-order valence-electron chi connectivity index (χ0n) is 6.63. The van der Waals surface area contributed by atoms with E-state index < -0.39 is 12.0 Å². The summed E-state index contributed by atoms with van der Waals surface area (Å²) in [6.45, 7) is 1.18. The molecule has 0 unspecified atom stereocenters. The number of hydrogen-bond acceptors (Lipinski definition) is 3. The second-order valence-electron chi connectivity index (χ2n) is 3.21. The Morgan fingerprint density at radius 1 is 1.36 bits per heavy atom. The Morgan fingerprint density at radius 3 is 2.18 bits per heavy atom. The van der Waals surface area contributed by atoms with Crippen molar-refractivity contribution in [1.82, 2.24) is 4.90 Å². The Morgan fingerprint density at radius 2 is 1.82 bits per heavy atom. The number of nitrogens with zero attached hydrogens (tertiary/aromatic N) is 1. The number of likely N-dealkylation sites (tertiary alicyclic amines) is 1. The fourth-order valence-electron chi connectivity index (χ4n) is 1.25. The minimum Gasteiger partial charge on any atom is -0.366 e. The lowest BCUT2D eigenvalue weighted by Crippen LogP contribution is -2.47. The normalized spacial score (nSPS) is 25.9. The number of aliphatic hydroxyl groups is 2. The van der Waals surface area contributed by atoms with Gasteiger partial charge >= 0.3 is 0 Å². The molecule has 66 valence electrons. The van der Waals surface area contributed by atoms with E-state index in [9.17, 15) is 4.39 Å². The first-order chi connectivity index (χ1) is 5.04. The third-order valence-electron chi connectivity index (χ3n) is 2.28. The minimum atomic E-state index is -1.82. The molecule has 1 saturated heterocycles. The summed E-state index contributed by atoms with van der Waals surface area (Å²) in [5.74, 6) is 0. The molecular formula is C7H14FNO2. The number of piperidine rings is 1. The van der Waals surface area contributed by atoms with E-state index in [4.69, 9.17) is 10.2 Å². The molecule has 0 amide bonds. The summed E-state index contributed by atoms with van der Waals surface area (Å²) < 4.78 is 13.3. The highest BCUT2D eigenvalue weighted by Gasteiger charge is 2.39. The fourth-order valence-corrected chi connectivity index (χ4v) is 1.25. The number of halogens is 1. The molecule has 0 aromatic heterocycles. The monoisotopic (exact) mass is 163 g/mol. The second-order valence-corrected chi connectivity index (χ2v) is 3.21. The first kappa shape index (κ1) is 8.90. The summed E-state index contributed by atoms with van der Waals surface area (Å²) in [7, 11) is 1.89. The van der Waals surface area contributed by atoms with Crippen LogP contribution in [0.1, 0.15) is 12.8 Å². The molecule has 0 bridgehead atoms. The number of rotatable bonds is 1. The summed E-state index contributed by atoms with van der Waals surface area (Å²) in [6, 6.07) is 0. The average molecular weight is 163 g/mol. The van der Waals surface area contributed by atoms with Gasteiger partial charge in [-0.15, -0.1) is 0 Å². The summed E-state index contributed by atoms with van der Waals surface area (Å²) >= 11 is 0. The maximum Gasteiger partial charge on any atom is 0.186 e. The van der Waals surface area contributed by atoms with Crippen molar-refractivity contribution in [2.45, 2.75) is 24.8 Å². The first-order valence-electron chi connectivity index (χ1n) is 3.78. The molecule has 0 spiro atoms.